The highest BCUT2D eigenvalue weighted by Crippen LogP contribution is 2.20. The molecule has 0 bridgehead atoms. The lowest BCUT2D eigenvalue weighted by Gasteiger charge is -2.38. The summed E-state index contributed by atoms with van der Waals surface area (Å²) < 4.78 is 5.22. The van der Waals surface area contributed by atoms with Gasteiger partial charge in [0.15, 0.2) is 0 Å². The molecular weight excluding hydrogens is 362 g/mol. The number of hydrogen-bond acceptors (Lipinski definition) is 6. The number of anilines is 1. The van der Waals surface area contributed by atoms with Gasteiger partial charge >= 0.3 is 6.09 Å². The Morgan fingerprint density at radius 2 is 1.92 bits per heavy atom. The van der Waals surface area contributed by atoms with Crippen molar-refractivity contribution < 1.29 is 19.1 Å². The van der Waals surface area contributed by atoms with E-state index in [1.54, 1.807) is 27.8 Å². The second kappa shape index (κ2) is 7.77. The van der Waals surface area contributed by atoms with Gasteiger partial charge in [-0.1, -0.05) is 11.6 Å². The molecule has 0 radical (unpaired) electrons. The first-order valence-electron chi connectivity index (χ1n) is 8.02. The Morgan fingerprint density at radius 1 is 1.27 bits per heavy atom. The fourth-order valence-corrected chi connectivity index (χ4v) is 2.38. The average molecular weight is 384 g/mol. The fourth-order valence-electron chi connectivity index (χ4n) is 2.23. The summed E-state index contributed by atoms with van der Waals surface area (Å²) >= 11 is 5.78. The van der Waals surface area contributed by atoms with Crippen molar-refractivity contribution in [1.82, 2.24) is 20.7 Å². The molecule has 1 aromatic rings. The number of nitrogens with zero attached hydrogens (tertiary/aromatic N) is 2. The highest BCUT2D eigenvalue weighted by atomic mass is 35.5. The molecule has 0 unspecified atom stereocenters. The number of carbonyl (C=O) groups is 3. The van der Waals surface area contributed by atoms with Gasteiger partial charge in [0.25, 0.3) is 5.91 Å². The zero-order chi connectivity index (χ0) is 19.5. The molecule has 0 atom stereocenters. The molecule has 0 aromatic carbocycles. The predicted molar refractivity (Wildman–Crippen MR) is 95.7 cm³/mol. The zero-order valence-electron chi connectivity index (χ0n) is 15.1. The predicted octanol–water partition coefficient (Wildman–Crippen LogP) is 1.40. The van der Waals surface area contributed by atoms with E-state index < -0.39 is 23.5 Å². The van der Waals surface area contributed by atoms with Crippen LogP contribution >= 0.6 is 11.6 Å². The molecule has 3 N–H and O–H groups in total. The molecule has 0 saturated carbocycles. The van der Waals surface area contributed by atoms with Crippen LogP contribution in [0.15, 0.2) is 12.3 Å². The summed E-state index contributed by atoms with van der Waals surface area (Å²) in [5, 5.41) is 3.07. The van der Waals surface area contributed by atoms with Gasteiger partial charge in [-0.25, -0.2) is 9.78 Å². The van der Waals surface area contributed by atoms with Crippen LogP contribution in [0.4, 0.5) is 10.5 Å². The number of likely N-dealkylation sites (tertiary alicyclic amines) is 1. The first kappa shape index (κ1) is 19.8. The Hall–Kier alpha value is -2.55. The Balaban J connectivity index is 1.81. The molecule has 10 heteroatoms. The summed E-state index contributed by atoms with van der Waals surface area (Å²) in [6.07, 6.45) is 0.847. The number of hydrazine groups is 1. The summed E-state index contributed by atoms with van der Waals surface area (Å²) in [6.45, 7) is 5.79. The number of nitrogens with one attached hydrogen (secondary N) is 3. The smallest absolute Gasteiger partial charge is 0.410 e. The number of aromatic nitrogens is 1. The van der Waals surface area contributed by atoms with Crippen LogP contribution in [0.1, 0.15) is 31.1 Å². The first-order chi connectivity index (χ1) is 12.1. The average Bonchev–Trinajstić information content (AvgIpc) is 2.49. The summed E-state index contributed by atoms with van der Waals surface area (Å²) in [5.74, 6) is -1.32. The maximum absolute atomic E-state index is 12.2. The SMILES string of the molecule is CNc1cc(Cl)ncc1C(=O)NNC(=O)C1CN(C(=O)OC(C)(C)C)C1. The summed E-state index contributed by atoms with van der Waals surface area (Å²) in [4.78, 5) is 41.3. The second-order valence-electron chi connectivity index (χ2n) is 6.83. The molecular formula is C16H22ClN5O4. The summed E-state index contributed by atoms with van der Waals surface area (Å²) in [6, 6.07) is 1.50. The molecule has 9 nitrogen and oxygen atoms in total. The number of carbonyl (C=O) groups excluding carboxylic acids is 3. The number of amides is 3. The number of rotatable bonds is 3. The lowest BCUT2D eigenvalue weighted by atomic mass is 10.0. The topological polar surface area (TPSA) is 113 Å². The molecule has 142 valence electrons. The minimum atomic E-state index is -0.587. The number of pyridine rings is 1. The Labute approximate surface area is 156 Å². The van der Waals surface area contributed by atoms with E-state index >= 15 is 0 Å². The lowest BCUT2D eigenvalue weighted by molar-refractivity contribution is -0.130. The third-order valence-corrected chi connectivity index (χ3v) is 3.79. The van der Waals surface area contributed by atoms with E-state index in [1.807, 2.05) is 0 Å². The highest BCUT2D eigenvalue weighted by molar-refractivity contribution is 6.29. The molecule has 0 spiro atoms. The van der Waals surface area contributed by atoms with Crippen molar-refractivity contribution in [2.45, 2.75) is 26.4 Å². The number of ether oxygens (including phenoxy) is 1. The van der Waals surface area contributed by atoms with Gasteiger partial charge in [0.05, 0.1) is 17.2 Å². The van der Waals surface area contributed by atoms with E-state index in [-0.39, 0.29) is 29.7 Å². The van der Waals surface area contributed by atoms with Crippen molar-refractivity contribution >= 4 is 35.2 Å². The molecule has 1 saturated heterocycles. The van der Waals surface area contributed by atoms with Crippen molar-refractivity contribution in [1.29, 1.82) is 0 Å². The van der Waals surface area contributed by atoms with Crippen LogP contribution in [-0.4, -0.2) is 53.5 Å². The Bertz CT molecular complexity index is 713. The van der Waals surface area contributed by atoms with Crippen molar-refractivity contribution in [2.75, 3.05) is 25.5 Å². The Morgan fingerprint density at radius 3 is 2.50 bits per heavy atom. The molecule has 3 amide bonds. The zero-order valence-corrected chi connectivity index (χ0v) is 15.8. The van der Waals surface area contributed by atoms with E-state index in [0.29, 0.717) is 5.69 Å². The largest absolute Gasteiger partial charge is 0.444 e. The van der Waals surface area contributed by atoms with E-state index in [1.165, 1.54) is 17.2 Å². The molecule has 1 aromatic heterocycles. The van der Waals surface area contributed by atoms with Crippen LogP contribution in [0.2, 0.25) is 5.15 Å². The number of hydrogen-bond donors (Lipinski definition) is 3. The van der Waals surface area contributed by atoms with Gasteiger partial charge in [0, 0.05) is 26.3 Å². The monoisotopic (exact) mass is 383 g/mol. The fraction of sp³-hybridized carbons (Fsp3) is 0.500. The van der Waals surface area contributed by atoms with Crippen LogP contribution in [0.3, 0.4) is 0 Å². The van der Waals surface area contributed by atoms with Gasteiger partial charge < -0.3 is 15.0 Å². The van der Waals surface area contributed by atoms with Gasteiger partial charge in [-0.05, 0) is 26.8 Å². The highest BCUT2D eigenvalue weighted by Gasteiger charge is 2.38. The molecule has 1 aliphatic rings. The van der Waals surface area contributed by atoms with Crippen LogP contribution in [0.5, 0.6) is 0 Å². The van der Waals surface area contributed by atoms with E-state index in [0.717, 1.165) is 0 Å². The van der Waals surface area contributed by atoms with Crippen LogP contribution < -0.4 is 16.2 Å². The maximum atomic E-state index is 12.2. The van der Waals surface area contributed by atoms with Crippen molar-refractivity contribution in [2.24, 2.45) is 5.92 Å². The Kier molecular flexibility index (Phi) is 5.91. The third-order valence-electron chi connectivity index (χ3n) is 3.59. The number of halogens is 1. The minimum absolute atomic E-state index is 0.237. The van der Waals surface area contributed by atoms with Crippen LogP contribution in [0, 0.1) is 5.92 Å². The standard InChI is InChI=1S/C16H22ClN5O4/c1-16(2,3)26-15(25)22-7-9(8-22)13(23)20-21-14(24)10-6-19-12(17)5-11(10)18-4/h5-6,9H,7-8H2,1-4H3,(H,18,19)(H,20,23)(H,21,24). The molecule has 26 heavy (non-hydrogen) atoms. The third kappa shape index (κ3) is 4.98. The molecule has 2 rings (SSSR count). The quantitative estimate of drug-likeness (QED) is 0.537. The minimum Gasteiger partial charge on any atom is -0.444 e. The first-order valence-corrected chi connectivity index (χ1v) is 8.40. The van der Waals surface area contributed by atoms with Gasteiger partial charge in [0.2, 0.25) is 5.91 Å². The summed E-state index contributed by atoms with van der Waals surface area (Å²) in [7, 11) is 1.64. The summed E-state index contributed by atoms with van der Waals surface area (Å²) in [5.41, 5.74) is 4.81. The lowest BCUT2D eigenvalue weighted by Crippen LogP contribution is -2.58. The van der Waals surface area contributed by atoms with Gasteiger partial charge in [-0.3, -0.25) is 20.4 Å². The van der Waals surface area contributed by atoms with Gasteiger partial charge in [-0.2, -0.15) is 0 Å². The van der Waals surface area contributed by atoms with Crippen molar-refractivity contribution in [3.05, 3.63) is 23.0 Å². The molecule has 2 heterocycles. The molecule has 1 aliphatic heterocycles. The molecule has 1 fully saturated rings. The van der Waals surface area contributed by atoms with E-state index in [9.17, 15) is 14.4 Å². The van der Waals surface area contributed by atoms with Crippen LogP contribution in [0.25, 0.3) is 0 Å². The van der Waals surface area contributed by atoms with Gasteiger partial charge in [-0.15, -0.1) is 0 Å². The normalized spacial score (nSPS) is 14.3. The van der Waals surface area contributed by atoms with E-state index in [2.05, 4.69) is 21.2 Å². The van der Waals surface area contributed by atoms with Crippen molar-refractivity contribution in [3.63, 3.8) is 0 Å². The molecule has 0 aliphatic carbocycles. The van der Waals surface area contributed by atoms with E-state index in [4.69, 9.17) is 16.3 Å². The van der Waals surface area contributed by atoms with Gasteiger partial charge in [0.1, 0.15) is 10.8 Å². The second-order valence-corrected chi connectivity index (χ2v) is 7.22. The van der Waals surface area contributed by atoms with Crippen molar-refractivity contribution in [3.8, 4) is 0 Å². The van der Waals surface area contributed by atoms with Crippen LogP contribution in [-0.2, 0) is 9.53 Å². The maximum Gasteiger partial charge on any atom is 0.410 e.